The Kier molecular flexibility index (Phi) is 3.81. The quantitative estimate of drug-likeness (QED) is 0.925. The molecule has 0 saturated carbocycles. The van der Waals surface area contributed by atoms with E-state index in [1.807, 2.05) is 13.1 Å². The zero-order chi connectivity index (χ0) is 13.9. The van der Waals surface area contributed by atoms with Gasteiger partial charge in [-0.05, 0) is 41.8 Å². The highest BCUT2D eigenvalue weighted by molar-refractivity contribution is 5.38. The summed E-state index contributed by atoms with van der Waals surface area (Å²) >= 11 is 0. The number of nitrogens with one attached hydrogen (secondary N) is 1. The molecule has 1 aliphatic rings. The van der Waals surface area contributed by atoms with Gasteiger partial charge < -0.3 is 10.1 Å². The van der Waals surface area contributed by atoms with Crippen molar-refractivity contribution in [1.82, 2.24) is 10.3 Å². The van der Waals surface area contributed by atoms with Crippen molar-refractivity contribution in [2.45, 2.75) is 33.1 Å². The molecule has 1 N–H and O–H groups in total. The van der Waals surface area contributed by atoms with Crippen molar-refractivity contribution in [1.29, 1.82) is 0 Å². The number of nitrogens with zero attached hydrogens (tertiary/aromatic N) is 1. The second-order valence-corrected chi connectivity index (χ2v) is 5.24. The van der Waals surface area contributed by atoms with E-state index < -0.39 is 0 Å². The fraction of sp³-hybridized carbons (Fsp3) is 0.353. The van der Waals surface area contributed by atoms with E-state index in [0.29, 0.717) is 0 Å². The molecular formula is C17H20N2O. The molecule has 104 valence electrons. The number of pyridine rings is 1. The second-order valence-electron chi connectivity index (χ2n) is 5.24. The Balaban J connectivity index is 1.95. The molecule has 0 amide bonds. The van der Waals surface area contributed by atoms with Crippen LogP contribution in [-0.4, -0.2) is 11.5 Å². The topological polar surface area (TPSA) is 34.2 Å². The Labute approximate surface area is 120 Å². The van der Waals surface area contributed by atoms with Gasteiger partial charge in [0.25, 0.3) is 0 Å². The lowest BCUT2D eigenvalue weighted by Gasteiger charge is -2.19. The summed E-state index contributed by atoms with van der Waals surface area (Å²) < 4.78 is 5.50. The maximum Gasteiger partial charge on any atom is 0.0725 e. The molecule has 1 aromatic carbocycles. The van der Waals surface area contributed by atoms with E-state index in [1.165, 1.54) is 22.3 Å². The van der Waals surface area contributed by atoms with Crippen LogP contribution in [0.3, 0.4) is 0 Å². The molecule has 1 aliphatic heterocycles. The molecule has 1 aromatic heterocycles. The number of benzene rings is 1. The SMILES string of the molecule is CCNC(c1ccc(C)nc1)c1ccc2c(c1)COC2. The molecular weight excluding hydrogens is 248 g/mol. The van der Waals surface area contributed by atoms with Crippen LogP contribution in [0.5, 0.6) is 0 Å². The van der Waals surface area contributed by atoms with Crippen molar-refractivity contribution in [2.24, 2.45) is 0 Å². The molecule has 3 heteroatoms. The third-order valence-electron chi connectivity index (χ3n) is 3.75. The smallest absolute Gasteiger partial charge is 0.0725 e. The summed E-state index contributed by atoms with van der Waals surface area (Å²) in [4.78, 5) is 4.42. The van der Waals surface area contributed by atoms with Gasteiger partial charge in [0.15, 0.2) is 0 Å². The minimum Gasteiger partial charge on any atom is -0.372 e. The number of rotatable bonds is 4. The second kappa shape index (κ2) is 5.73. The van der Waals surface area contributed by atoms with E-state index in [9.17, 15) is 0 Å². The van der Waals surface area contributed by atoms with Crippen LogP contribution in [0.15, 0.2) is 36.5 Å². The fourth-order valence-electron chi connectivity index (χ4n) is 2.65. The van der Waals surface area contributed by atoms with Crippen LogP contribution in [0.2, 0.25) is 0 Å². The summed E-state index contributed by atoms with van der Waals surface area (Å²) in [5.74, 6) is 0. The largest absolute Gasteiger partial charge is 0.372 e. The van der Waals surface area contributed by atoms with Crippen molar-refractivity contribution in [3.63, 3.8) is 0 Å². The molecule has 3 rings (SSSR count). The Morgan fingerprint density at radius 3 is 2.70 bits per heavy atom. The van der Waals surface area contributed by atoms with E-state index >= 15 is 0 Å². The summed E-state index contributed by atoms with van der Waals surface area (Å²) in [5, 5.41) is 3.55. The number of hydrogen-bond acceptors (Lipinski definition) is 3. The van der Waals surface area contributed by atoms with Gasteiger partial charge in [0.1, 0.15) is 0 Å². The van der Waals surface area contributed by atoms with E-state index in [4.69, 9.17) is 4.74 Å². The summed E-state index contributed by atoms with van der Waals surface area (Å²) in [7, 11) is 0. The lowest BCUT2D eigenvalue weighted by Crippen LogP contribution is -2.22. The van der Waals surface area contributed by atoms with Crippen molar-refractivity contribution < 1.29 is 4.74 Å². The van der Waals surface area contributed by atoms with Gasteiger partial charge in [0.2, 0.25) is 0 Å². The van der Waals surface area contributed by atoms with Crippen molar-refractivity contribution >= 4 is 0 Å². The fourth-order valence-corrected chi connectivity index (χ4v) is 2.65. The van der Waals surface area contributed by atoms with Gasteiger partial charge in [-0.1, -0.05) is 31.2 Å². The maximum atomic E-state index is 5.50. The average Bonchev–Trinajstić information content (AvgIpc) is 2.93. The molecule has 20 heavy (non-hydrogen) atoms. The Morgan fingerprint density at radius 1 is 1.15 bits per heavy atom. The van der Waals surface area contributed by atoms with Gasteiger partial charge in [-0.2, -0.15) is 0 Å². The molecule has 0 saturated heterocycles. The molecule has 2 heterocycles. The third kappa shape index (κ3) is 2.60. The van der Waals surface area contributed by atoms with Crippen molar-refractivity contribution in [2.75, 3.05) is 6.54 Å². The lowest BCUT2D eigenvalue weighted by atomic mass is 9.96. The predicted molar refractivity (Wildman–Crippen MR) is 79.4 cm³/mol. The standard InChI is InChI=1S/C17H20N2O/c1-3-18-17(14-5-4-12(2)19-9-14)13-6-7-15-10-20-11-16(15)8-13/h4-9,17-18H,3,10-11H2,1-2H3. The minimum atomic E-state index is 0.194. The first-order valence-electron chi connectivity index (χ1n) is 7.13. The highest BCUT2D eigenvalue weighted by Crippen LogP contribution is 2.27. The van der Waals surface area contributed by atoms with Crippen LogP contribution < -0.4 is 5.32 Å². The molecule has 1 unspecified atom stereocenters. The Hall–Kier alpha value is -1.71. The average molecular weight is 268 g/mol. The molecule has 0 radical (unpaired) electrons. The van der Waals surface area contributed by atoms with Crippen molar-refractivity contribution in [3.8, 4) is 0 Å². The summed E-state index contributed by atoms with van der Waals surface area (Å²) in [6.45, 7) is 6.54. The minimum absolute atomic E-state index is 0.194. The van der Waals surface area contributed by atoms with Gasteiger partial charge >= 0.3 is 0 Å². The van der Waals surface area contributed by atoms with Crippen LogP contribution in [0.1, 0.15) is 40.9 Å². The van der Waals surface area contributed by atoms with Gasteiger partial charge in [-0.15, -0.1) is 0 Å². The first-order valence-corrected chi connectivity index (χ1v) is 7.13. The van der Waals surface area contributed by atoms with E-state index in [2.05, 4.69) is 47.6 Å². The van der Waals surface area contributed by atoms with Crippen LogP contribution in [0, 0.1) is 6.92 Å². The van der Waals surface area contributed by atoms with E-state index in [-0.39, 0.29) is 6.04 Å². The monoisotopic (exact) mass is 268 g/mol. The van der Waals surface area contributed by atoms with Crippen molar-refractivity contribution in [3.05, 3.63) is 64.5 Å². The molecule has 1 atom stereocenters. The number of aromatic nitrogens is 1. The highest BCUT2D eigenvalue weighted by Gasteiger charge is 2.17. The predicted octanol–water partition coefficient (Wildman–Crippen LogP) is 3.12. The molecule has 2 aromatic rings. The zero-order valence-corrected chi connectivity index (χ0v) is 12.0. The Morgan fingerprint density at radius 2 is 1.95 bits per heavy atom. The highest BCUT2D eigenvalue weighted by atomic mass is 16.5. The number of hydrogen-bond donors (Lipinski definition) is 1. The molecule has 0 fully saturated rings. The summed E-state index contributed by atoms with van der Waals surface area (Å²) in [5.41, 5.74) is 6.15. The molecule has 0 bridgehead atoms. The van der Waals surface area contributed by atoms with Gasteiger partial charge in [0, 0.05) is 11.9 Å². The maximum absolute atomic E-state index is 5.50. The van der Waals surface area contributed by atoms with E-state index in [0.717, 1.165) is 25.5 Å². The normalized spacial score (nSPS) is 15.1. The van der Waals surface area contributed by atoms with Gasteiger partial charge in [-0.3, -0.25) is 4.98 Å². The van der Waals surface area contributed by atoms with Gasteiger partial charge in [0.05, 0.1) is 19.3 Å². The first kappa shape index (κ1) is 13.3. The van der Waals surface area contributed by atoms with Crippen LogP contribution in [-0.2, 0) is 18.0 Å². The molecule has 3 nitrogen and oxygen atoms in total. The third-order valence-corrected chi connectivity index (χ3v) is 3.75. The number of ether oxygens (including phenoxy) is 1. The van der Waals surface area contributed by atoms with Crippen LogP contribution >= 0.6 is 0 Å². The summed E-state index contributed by atoms with van der Waals surface area (Å²) in [6, 6.07) is 11.1. The molecule has 0 aliphatic carbocycles. The number of fused-ring (bicyclic) bond motifs is 1. The van der Waals surface area contributed by atoms with Gasteiger partial charge in [-0.25, -0.2) is 0 Å². The van der Waals surface area contributed by atoms with Crippen LogP contribution in [0.25, 0.3) is 0 Å². The van der Waals surface area contributed by atoms with Crippen LogP contribution in [0.4, 0.5) is 0 Å². The number of aryl methyl sites for hydroxylation is 1. The zero-order valence-electron chi connectivity index (χ0n) is 12.0. The first-order chi connectivity index (χ1) is 9.78. The Bertz CT molecular complexity index is 592. The summed E-state index contributed by atoms with van der Waals surface area (Å²) in [6.07, 6.45) is 1.96. The van der Waals surface area contributed by atoms with E-state index in [1.54, 1.807) is 0 Å². The lowest BCUT2D eigenvalue weighted by molar-refractivity contribution is 0.134. The molecule has 0 spiro atoms.